The molecule has 0 aliphatic rings. The van der Waals surface area contributed by atoms with Gasteiger partial charge in [0.05, 0.1) is 12.4 Å². The van der Waals surface area contributed by atoms with Crippen LogP contribution in [0.25, 0.3) is 0 Å². The van der Waals surface area contributed by atoms with Crippen molar-refractivity contribution in [2.24, 2.45) is 0 Å². The fraction of sp³-hybridized carbons (Fsp3) is 0.133. The Labute approximate surface area is 139 Å². The minimum atomic E-state index is -3.82. The molecule has 0 spiro atoms. The first-order valence-electron chi connectivity index (χ1n) is 7.18. The van der Waals surface area contributed by atoms with E-state index in [4.69, 9.17) is 4.74 Å². The Morgan fingerprint density at radius 2 is 1.79 bits per heavy atom. The summed E-state index contributed by atoms with van der Waals surface area (Å²) in [5, 5.41) is 3.87. The molecular weight excluding hydrogens is 330 g/mol. The second-order valence-corrected chi connectivity index (χ2v) is 6.40. The highest BCUT2D eigenvalue weighted by atomic mass is 32.2. The van der Waals surface area contributed by atoms with Gasteiger partial charge in [-0.05, 0) is 25.1 Å². The maximum Gasteiger partial charge on any atom is 0.283 e. The molecule has 0 atom stereocenters. The number of nitrogens with zero attached hydrogens (tertiary/aromatic N) is 4. The van der Waals surface area contributed by atoms with E-state index in [-0.39, 0.29) is 11.0 Å². The van der Waals surface area contributed by atoms with Crippen LogP contribution < -0.4 is 9.46 Å². The number of ether oxygens (including phenoxy) is 1. The number of nitrogens with one attached hydrogen (secondary N) is 1. The molecule has 3 aromatic rings. The number of hydrogen-bond donors (Lipinski definition) is 1. The number of benzene rings is 1. The molecule has 0 aliphatic carbocycles. The third-order valence-electron chi connectivity index (χ3n) is 3.05. The van der Waals surface area contributed by atoms with E-state index in [1.807, 2.05) is 25.1 Å². The lowest BCUT2D eigenvalue weighted by Gasteiger charge is -2.06. The molecule has 9 heteroatoms. The molecule has 3 rings (SSSR count). The van der Waals surface area contributed by atoms with Crippen LogP contribution in [0.5, 0.6) is 11.5 Å². The molecule has 0 unspecified atom stereocenters. The summed E-state index contributed by atoms with van der Waals surface area (Å²) in [7, 11) is -3.82. The summed E-state index contributed by atoms with van der Waals surface area (Å²) in [6.45, 7) is 2.45. The van der Waals surface area contributed by atoms with Crippen molar-refractivity contribution in [3.05, 3.63) is 55.0 Å². The monoisotopic (exact) mass is 345 g/mol. The second-order valence-electron chi connectivity index (χ2n) is 4.77. The zero-order valence-corrected chi connectivity index (χ0v) is 13.6. The standard InChI is InChI=1S/C15H15N5O3S/c1-2-20-9-8-14(18-20)24(21,22)19-15-16-10-13(11-17-15)23-12-6-4-3-5-7-12/h3-11H,2H2,1H3,(H,16,17,19). The first-order chi connectivity index (χ1) is 11.6. The maximum absolute atomic E-state index is 12.2. The summed E-state index contributed by atoms with van der Waals surface area (Å²) < 4.78 is 33.8. The fourth-order valence-corrected chi connectivity index (χ4v) is 2.78. The van der Waals surface area contributed by atoms with Crippen LogP contribution in [0.2, 0.25) is 0 Å². The third kappa shape index (κ3) is 3.69. The maximum atomic E-state index is 12.2. The SMILES string of the molecule is CCn1ccc(S(=O)(=O)Nc2ncc(Oc3ccccc3)cn2)n1. The quantitative estimate of drug-likeness (QED) is 0.736. The number of para-hydroxylation sites is 1. The first kappa shape index (κ1) is 15.9. The van der Waals surface area contributed by atoms with Gasteiger partial charge in [-0.1, -0.05) is 18.2 Å². The average molecular weight is 345 g/mol. The summed E-state index contributed by atoms with van der Waals surface area (Å²) in [5.41, 5.74) is 0. The van der Waals surface area contributed by atoms with E-state index in [9.17, 15) is 8.42 Å². The van der Waals surface area contributed by atoms with Gasteiger partial charge in [-0.15, -0.1) is 0 Å². The summed E-state index contributed by atoms with van der Waals surface area (Å²) in [6.07, 6.45) is 4.37. The largest absolute Gasteiger partial charge is 0.454 e. The topological polar surface area (TPSA) is 99.0 Å². The highest BCUT2D eigenvalue weighted by molar-refractivity contribution is 7.92. The van der Waals surface area contributed by atoms with Crippen molar-refractivity contribution >= 4 is 16.0 Å². The van der Waals surface area contributed by atoms with Crippen molar-refractivity contribution < 1.29 is 13.2 Å². The van der Waals surface area contributed by atoms with Gasteiger partial charge >= 0.3 is 0 Å². The predicted molar refractivity (Wildman–Crippen MR) is 87.3 cm³/mol. The van der Waals surface area contributed by atoms with Crippen LogP contribution in [0.1, 0.15) is 6.92 Å². The highest BCUT2D eigenvalue weighted by Gasteiger charge is 2.18. The van der Waals surface area contributed by atoms with Crippen LogP contribution in [0.4, 0.5) is 5.95 Å². The molecule has 0 aliphatic heterocycles. The Hall–Kier alpha value is -2.94. The molecule has 0 radical (unpaired) electrons. The third-order valence-corrected chi connectivity index (χ3v) is 4.27. The Balaban J connectivity index is 1.71. The summed E-state index contributed by atoms with van der Waals surface area (Å²) >= 11 is 0. The van der Waals surface area contributed by atoms with E-state index >= 15 is 0 Å². The van der Waals surface area contributed by atoms with Crippen molar-refractivity contribution in [2.75, 3.05) is 4.72 Å². The molecular formula is C15H15N5O3S. The summed E-state index contributed by atoms with van der Waals surface area (Å²) in [5.74, 6) is 0.986. The van der Waals surface area contributed by atoms with Gasteiger partial charge in [-0.2, -0.15) is 13.5 Å². The number of rotatable bonds is 6. The van der Waals surface area contributed by atoms with Crippen LogP contribution in [-0.4, -0.2) is 28.2 Å². The van der Waals surface area contributed by atoms with Crippen LogP contribution in [-0.2, 0) is 16.6 Å². The van der Waals surface area contributed by atoms with Gasteiger partial charge in [0.2, 0.25) is 5.95 Å². The van der Waals surface area contributed by atoms with Gasteiger partial charge in [0.1, 0.15) is 5.75 Å². The van der Waals surface area contributed by atoms with E-state index in [1.54, 1.807) is 18.3 Å². The minimum Gasteiger partial charge on any atom is -0.454 e. The molecule has 2 heterocycles. The number of aromatic nitrogens is 4. The minimum absolute atomic E-state index is 0.0542. The number of sulfonamides is 1. The van der Waals surface area contributed by atoms with Crippen molar-refractivity contribution in [1.82, 2.24) is 19.7 Å². The highest BCUT2D eigenvalue weighted by Crippen LogP contribution is 2.20. The van der Waals surface area contributed by atoms with Gasteiger partial charge < -0.3 is 4.74 Å². The Morgan fingerprint density at radius 1 is 1.08 bits per heavy atom. The van der Waals surface area contributed by atoms with Crippen molar-refractivity contribution in [3.8, 4) is 11.5 Å². The lowest BCUT2D eigenvalue weighted by Crippen LogP contribution is -2.16. The summed E-state index contributed by atoms with van der Waals surface area (Å²) in [4.78, 5) is 7.90. The lowest BCUT2D eigenvalue weighted by molar-refractivity contribution is 0.478. The van der Waals surface area contributed by atoms with Gasteiger partial charge in [0.25, 0.3) is 10.0 Å². The van der Waals surface area contributed by atoms with Crippen LogP contribution in [0, 0.1) is 0 Å². The van der Waals surface area contributed by atoms with Crippen molar-refractivity contribution in [3.63, 3.8) is 0 Å². The van der Waals surface area contributed by atoms with E-state index in [1.165, 1.54) is 23.1 Å². The average Bonchev–Trinajstić information content (AvgIpc) is 3.08. The predicted octanol–water partition coefficient (Wildman–Crippen LogP) is 2.29. The van der Waals surface area contributed by atoms with E-state index < -0.39 is 10.0 Å². The van der Waals surface area contributed by atoms with E-state index in [0.717, 1.165) is 0 Å². The Morgan fingerprint density at radius 3 is 2.42 bits per heavy atom. The molecule has 2 aromatic heterocycles. The molecule has 0 fully saturated rings. The number of aryl methyl sites for hydroxylation is 1. The molecule has 0 amide bonds. The van der Waals surface area contributed by atoms with Crippen LogP contribution in [0.15, 0.2) is 60.0 Å². The van der Waals surface area contributed by atoms with E-state index in [2.05, 4.69) is 19.8 Å². The Bertz CT molecular complexity index is 908. The zero-order chi connectivity index (χ0) is 17.0. The summed E-state index contributed by atoms with van der Waals surface area (Å²) in [6, 6.07) is 10.6. The molecule has 124 valence electrons. The van der Waals surface area contributed by atoms with Gasteiger partial charge in [0, 0.05) is 12.7 Å². The second kappa shape index (κ2) is 6.67. The van der Waals surface area contributed by atoms with Crippen molar-refractivity contribution in [1.29, 1.82) is 0 Å². The molecule has 0 saturated carbocycles. The normalized spacial score (nSPS) is 11.2. The van der Waals surface area contributed by atoms with Crippen LogP contribution >= 0.6 is 0 Å². The first-order valence-corrected chi connectivity index (χ1v) is 8.66. The Kier molecular flexibility index (Phi) is 4.43. The lowest BCUT2D eigenvalue weighted by atomic mass is 10.3. The van der Waals surface area contributed by atoms with Gasteiger partial charge in [-0.3, -0.25) is 4.68 Å². The van der Waals surface area contributed by atoms with Gasteiger partial charge in [-0.25, -0.2) is 14.7 Å². The molecule has 0 saturated heterocycles. The van der Waals surface area contributed by atoms with Crippen molar-refractivity contribution in [2.45, 2.75) is 18.5 Å². The van der Waals surface area contributed by atoms with E-state index in [0.29, 0.717) is 18.0 Å². The number of hydrogen-bond acceptors (Lipinski definition) is 6. The molecule has 24 heavy (non-hydrogen) atoms. The molecule has 1 N–H and O–H groups in total. The van der Waals surface area contributed by atoms with Crippen LogP contribution in [0.3, 0.4) is 0 Å². The van der Waals surface area contributed by atoms with Gasteiger partial charge in [0.15, 0.2) is 10.8 Å². The zero-order valence-electron chi connectivity index (χ0n) is 12.8. The smallest absolute Gasteiger partial charge is 0.283 e. The molecule has 0 bridgehead atoms. The molecule has 1 aromatic carbocycles. The molecule has 8 nitrogen and oxygen atoms in total. The fourth-order valence-electron chi connectivity index (χ4n) is 1.88. The number of anilines is 1.